The van der Waals surface area contributed by atoms with Crippen LogP contribution in [0.15, 0.2) is 18.2 Å². The van der Waals surface area contributed by atoms with Crippen LogP contribution in [0.4, 0.5) is 15.1 Å². The summed E-state index contributed by atoms with van der Waals surface area (Å²) in [5, 5.41) is 3.48. The van der Waals surface area contributed by atoms with Crippen molar-refractivity contribution >= 4 is 56.3 Å². The molecule has 0 unspecified atom stereocenters. The lowest BCUT2D eigenvalue weighted by Crippen LogP contribution is -2.26. The third kappa shape index (κ3) is 4.17. The number of hydrogen-bond acceptors (Lipinski definition) is 5. The van der Waals surface area contributed by atoms with Crippen LogP contribution in [0, 0.1) is 15.3 Å². The molecule has 0 atom stereocenters. The molecule has 27 heavy (non-hydrogen) atoms. The lowest BCUT2D eigenvalue weighted by Gasteiger charge is -2.13. The first-order valence-electron chi connectivity index (χ1n) is 8.86. The monoisotopic (exact) mass is 500 g/mol. The van der Waals surface area contributed by atoms with E-state index >= 15 is 0 Å². The van der Waals surface area contributed by atoms with Crippen LogP contribution >= 0.6 is 33.9 Å². The molecule has 0 spiro atoms. The SMILES string of the molecule is O=C1CCCc2c1sc(Nc1ccc(I)cc1F)c2C(=O)NOCC1CC1. The number of Topliss-reactive ketones (excluding diaryl/α,β-unsaturated/α-hetero) is 1. The van der Waals surface area contributed by atoms with Crippen molar-refractivity contribution in [2.45, 2.75) is 32.1 Å². The van der Waals surface area contributed by atoms with Gasteiger partial charge in [0.05, 0.1) is 22.7 Å². The normalized spacial score (nSPS) is 16.1. The maximum Gasteiger partial charge on any atom is 0.278 e. The summed E-state index contributed by atoms with van der Waals surface area (Å²) < 4.78 is 15.1. The Kier molecular flexibility index (Phi) is 5.47. The number of benzene rings is 1. The molecule has 2 aliphatic carbocycles. The van der Waals surface area contributed by atoms with Crippen molar-refractivity contribution in [3.8, 4) is 0 Å². The number of carbonyl (C=O) groups excluding carboxylic acids is 2. The van der Waals surface area contributed by atoms with Gasteiger partial charge in [-0.25, -0.2) is 9.87 Å². The van der Waals surface area contributed by atoms with E-state index in [1.54, 1.807) is 12.1 Å². The highest BCUT2D eigenvalue weighted by atomic mass is 127. The summed E-state index contributed by atoms with van der Waals surface area (Å²) in [6, 6.07) is 4.83. The number of thiophene rings is 1. The molecular formula is C19H18FIN2O3S. The zero-order valence-corrected chi connectivity index (χ0v) is 17.4. The van der Waals surface area contributed by atoms with Gasteiger partial charge in [-0.2, -0.15) is 0 Å². The van der Waals surface area contributed by atoms with E-state index in [2.05, 4.69) is 10.8 Å². The Balaban J connectivity index is 1.64. The summed E-state index contributed by atoms with van der Waals surface area (Å²) in [7, 11) is 0. The van der Waals surface area contributed by atoms with Gasteiger partial charge in [0.1, 0.15) is 10.8 Å². The number of anilines is 2. The predicted octanol–water partition coefficient (Wildman–Crippen LogP) is 4.83. The highest BCUT2D eigenvalue weighted by Crippen LogP contribution is 2.40. The van der Waals surface area contributed by atoms with Crippen LogP contribution in [0.25, 0.3) is 0 Å². The maximum atomic E-state index is 14.3. The van der Waals surface area contributed by atoms with Crippen molar-refractivity contribution in [3.63, 3.8) is 0 Å². The lowest BCUT2D eigenvalue weighted by molar-refractivity contribution is 0.0270. The fourth-order valence-corrected chi connectivity index (χ4v) is 4.75. The fraction of sp³-hybridized carbons (Fsp3) is 0.368. The first-order chi connectivity index (χ1) is 13.0. The molecule has 4 rings (SSSR count). The number of hydroxylamine groups is 1. The Morgan fingerprint density at radius 2 is 2.15 bits per heavy atom. The van der Waals surface area contributed by atoms with Gasteiger partial charge in [-0.1, -0.05) is 0 Å². The fourth-order valence-electron chi connectivity index (χ4n) is 3.07. The van der Waals surface area contributed by atoms with E-state index in [1.807, 2.05) is 22.6 Å². The smallest absolute Gasteiger partial charge is 0.278 e. The minimum Gasteiger partial charge on any atom is -0.344 e. The Labute approximate surface area is 173 Å². The van der Waals surface area contributed by atoms with Crippen molar-refractivity contribution in [3.05, 3.63) is 43.6 Å². The van der Waals surface area contributed by atoms with Gasteiger partial charge in [-0.15, -0.1) is 11.3 Å². The number of carbonyl (C=O) groups is 2. The molecule has 0 bridgehead atoms. The van der Waals surface area contributed by atoms with Crippen molar-refractivity contribution in [1.82, 2.24) is 5.48 Å². The second-order valence-electron chi connectivity index (χ2n) is 6.83. The average molecular weight is 500 g/mol. The molecule has 5 nitrogen and oxygen atoms in total. The molecule has 142 valence electrons. The molecular weight excluding hydrogens is 482 g/mol. The van der Waals surface area contributed by atoms with Crippen molar-refractivity contribution < 1.29 is 18.8 Å². The van der Waals surface area contributed by atoms with Crippen LogP contribution in [0.1, 0.15) is 51.3 Å². The van der Waals surface area contributed by atoms with Crippen LogP contribution in [0.3, 0.4) is 0 Å². The van der Waals surface area contributed by atoms with E-state index in [0.29, 0.717) is 47.2 Å². The van der Waals surface area contributed by atoms with E-state index in [1.165, 1.54) is 17.4 Å². The third-order valence-electron chi connectivity index (χ3n) is 4.68. The first-order valence-corrected chi connectivity index (χ1v) is 10.8. The minimum absolute atomic E-state index is 0.0327. The van der Waals surface area contributed by atoms with Gasteiger partial charge in [-0.05, 0) is 78.0 Å². The van der Waals surface area contributed by atoms with Gasteiger partial charge in [0.2, 0.25) is 0 Å². The quantitative estimate of drug-likeness (QED) is 0.441. The van der Waals surface area contributed by atoms with E-state index in [0.717, 1.165) is 22.0 Å². The van der Waals surface area contributed by atoms with Gasteiger partial charge in [0.25, 0.3) is 5.91 Å². The number of hydrogen-bond donors (Lipinski definition) is 2. The van der Waals surface area contributed by atoms with E-state index in [-0.39, 0.29) is 11.5 Å². The summed E-state index contributed by atoms with van der Waals surface area (Å²) in [5.74, 6) is -0.251. The number of halogens is 2. The van der Waals surface area contributed by atoms with Crippen molar-refractivity contribution in [2.75, 3.05) is 11.9 Å². The number of fused-ring (bicyclic) bond motifs is 1. The first kappa shape index (κ1) is 18.8. The molecule has 1 amide bonds. The number of ketones is 1. The van der Waals surface area contributed by atoms with E-state index in [4.69, 9.17) is 4.84 Å². The lowest BCUT2D eigenvalue weighted by atomic mass is 9.94. The summed E-state index contributed by atoms with van der Waals surface area (Å²) in [6.45, 7) is 0.492. The molecule has 1 aromatic heterocycles. The highest BCUT2D eigenvalue weighted by molar-refractivity contribution is 14.1. The minimum atomic E-state index is -0.407. The summed E-state index contributed by atoms with van der Waals surface area (Å²) in [4.78, 5) is 31.0. The number of nitrogens with one attached hydrogen (secondary N) is 2. The Hall–Kier alpha value is -1.52. The summed E-state index contributed by atoms with van der Waals surface area (Å²) in [6.07, 6.45) is 4.08. The zero-order valence-electron chi connectivity index (χ0n) is 14.4. The van der Waals surface area contributed by atoms with Gasteiger partial charge in [0, 0.05) is 9.99 Å². The van der Waals surface area contributed by atoms with E-state index < -0.39 is 11.7 Å². The molecule has 1 saturated carbocycles. The molecule has 2 aliphatic rings. The standard InChI is InChI=1S/C19H18FIN2O3S/c20-13-8-11(21)6-7-14(13)22-19-16(18(25)23-26-9-10-4-5-10)12-2-1-3-15(24)17(12)27-19/h6-8,10,22H,1-5,9H2,(H,23,25). The maximum absolute atomic E-state index is 14.3. The number of amides is 1. The third-order valence-corrected chi connectivity index (χ3v) is 6.54. The van der Waals surface area contributed by atoms with E-state index in [9.17, 15) is 14.0 Å². The summed E-state index contributed by atoms with van der Waals surface area (Å²) >= 11 is 3.25. The van der Waals surface area contributed by atoms with Crippen LogP contribution < -0.4 is 10.8 Å². The van der Waals surface area contributed by atoms with Crippen molar-refractivity contribution in [1.29, 1.82) is 0 Å². The van der Waals surface area contributed by atoms with Gasteiger partial charge < -0.3 is 5.32 Å². The molecule has 1 heterocycles. The van der Waals surface area contributed by atoms with Crippen LogP contribution in [-0.2, 0) is 11.3 Å². The summed E-state index contributed by atoms with van der Waals surface area (Å²) in [5.41, 5.74) is 3.88. The molecule has 8 heteroatoms. The molecule has 0 radical (unpaired) electrons. The van der Waals surface area contributed by atoms with Crippen LogP contribution in [-0.4, -0.2) is 18.3 Å². The van der Waals surface area contributed by atoms with Gasteiger partial charge in [-0.3, -0.25) is 14.4 Å². The highest BCUT2D eigenvalue weighted by Gasteiger charge is 2.30. The number of rotatable bonds is 6. The Bertz CT molecular complexity index is 911. The molecule has 0 aliphatic heterocycles. The molecule has 2 N–H and O–H groups in total. The molecule has 0 saturated heterocycles. The van der Waals surface area contributed by atoms with Crippen molar-refractivity contribution in [2.24, 2.45) is 5.92 Å². The largest absolute Gasteiger partial charge is 0.344 e. The molecule has 1 aromatic carbocycles. The second-order valence-corrected chi connectivity index (χ2v) is 9.09. The van der Waals surface area contributed by atoms with Gasteiger partial charge in [0.15, 0.2) is 5.78 Å². The van der Waals surface area contributed by atoms with Crippen LogP contribution in [0.2, 0.25) is 0 Å². The van der Waals surface area contributed by atoms with Gasteiger partial charge >= 0.3 is 0 Å². The van der Waals surface area contributed by atoms with Crippen LogP contribution in [0.5, 0.6) is 0 Å². The molecule has 2 aromatic rings. The topological polar surface area (TPSA) is 67.4 Å². The Morgan fingerprint density at radius 1 is 1.33 bits per heavy atom. The average Bonchev–Trinajstić information content (AvgIpc) is 3.37. The zero-order chi connectivity index (χ0) is 19.0. The Morgan fingerprint density at radius 3 is 2.89 bits per heavy atom. The molecule has 1 fully saturated rings. The predicted molar refractivity (Wildman–Crippen MR) is 110 cm³/mol. The second kappa shape index (κ2) is 7.84.